The SMILES string of the molecule is COc1cc2c(Nc3ccc(Br)c(Cl)c3F)ncnc2cc1OCC1CN(C)C(C)(C)CO1. The van der Waals surface area contributed by atoms with E-state index in [0.717, 1.165) is 6.54 Å². The van der Waals surface area contributed by atoms with Gasteiger partial charge in [0.2, 0.25) is 0 Å². The summed E-state index contributed by atoms with van der Waals surface area (Å²) in [5.74, 6) is 0.898. The van der Waals surface area contributed by atoms with Crippen molar-refractivity contribution in [1.82, 2.24) is 14.9 Å². The standard InChI is InChI=1S/C23H25BrClFN4O3/c1-23(2)11-33-13(9-30(23)3)10-32-19-8-17-14(7-18(19)31-4)22(28-12-27-17)29-16-6-5-15(24)20(25)21(16)26/h5-8,12-13H,9-11H2,1-4H3,(H,27,28,29). The van der Waals surface area contributed by atoms with Gasteiger partial charge in [0, 0.05) is 28.0 Å². The van der Waals surface area contributed by atoms with E-state index in [-0.39, 0.29) is 22.4 Å². The maximum atomic E-state index is 14.6. The van der Waals surface area contributed by atoms with Crippen molar-refractivity contribution in [3.05, 3.63) is 45.9 Å². The molecular formula is C23H25BrClFN4O3. The number of nitrogens with zero attached hydrogens (tertiary/aromatic N) is 3. The van der Waals surface area contributed by atoms with Gasteiger partial charge in [-0.25, -0.2) is 14.4 Å². The van der Waals surface area contributed by atoms with Crippen LogP contribution < -0.4 is 14.8 Å². The summed E-state index contributed by atoms with van der Waals surface area (Å²) in [5.41, 5.74) is 0.814. The van der Waals surface area contributed by atoms with Gasteiger partial charge in [-0.3, -0.25) is 4.90 Å². The predicted molar refractivity (Wildman–Crippen MR) is 130 cm³/mol. The Kier molecular flexibility index (Phi) is 6.95. The third kappa shape index (κ3) is 5.01. The highest BCUT2D eigenvalue weighted by molar-refractivity contribution is 9.10. The first kappa shape index (κ1) is 23.9. The second-order valence-corrected chi connectivity index (χ2v) is 9.76. The number of hydrogen-bond donors (Lipinski definition) is 1. The molecule has 1 aliphatic heterocycles. The fraction of sp³-hybridized carbons (Fsp3) is 0.391. The zero-order chi connectivity index (χ0) is 23.8. The molecular weight excluding hydrogens is 515 g/mol. The van der Waals surface area contributed by atoms with E-state index in [9.17, 15) is 4.39 Å². The molecule has 1 fully saturated rings. The number of anilines is 2. The molecule has 176 valence electrons. The van der Waals surface area contributed by atoms with E-state index < -0.39 is 5.82 Å². The number of hydrogen-bond acceptors (Lipinski definition) is 7. The van der Waals surface area contributed by atoms with Crippen molar-refractivity contribution in [2.24, 2.45) is 0 Å². The zero-order valence-electron chi connectivity index (χ0n) is 18.8. The first-order chi connectivity index (χ1) is 15.7. The summed E-state index contributed by atoms with van der Waals surface area (Å²) in [6.45, 7) is 6.07. The van der Waals surface area contributed by atoms with Crippen molar-refractivity contribution >= 4 is 49.9 Å². The zero-order valence-corrected chi connectivity index (χ0v) is 21.1. The van der Waals surface area contributed by atoms with Crippen LogP contribution in [0.1, 0.15) is 13.8 Å². The van der Waals surface area contributed by atoms with Crippen molar-refractivity contribution in [2.45, 2.75) is 25.5 Å². The topological polar surface area (TPSA) is 68.7 Å². The molecule has 10 heteroatoms. The summed E-state index contributed by atoms with van der Waals surface area (Å²) in [5, 5.41) is 3.64. The number of methoxy groups -OCH3 is 1. The molecule has 1 unspecified atom stereocenters. The second kappa shape index (κ2) is 9.58. The van der Waals surface area contributed by atoms with Crippen LogP contribution in [0, 0.1) is 5.82 Å². The largest absolute Gasteiger partial charge is 0.493 e. The Labute approximate surface area is 205 Å². The highest BCUT2D eigenvalue weighted by atomic mass is 79.9. The average Bonchev–Trinajstić information content (AvgIpc) is 2.79. The van der Waals surface area contributed by atoms with Gasteiger partial charge in [-0.1, -0.05) is 11.6 Å². The molecule has 3 aromatic rings. The Morgan fingerprint density at radius 1 is 1.30 bits per heavy atom. The van der Waals surface area contributed by atoms with Gasteiger partial charge >= 0.3 is 0 Å². The Morgan fingerprint density at radius 2 is 2.09 bits per heavy atom. The quantitative estimate of drug-likeness (QED) is 0.419. The molecule has 1 N–H and O–H groups in total. The molecule has 0 aliphatic carbocycles. The van der Waals surface area contributed by atoms with Crippen molar-refractivity contribution in [1.29, 1.82) is 0 Å². The highest BCUT2D eigenvalue weighted by Crippen LogP contribution is 2.37. The van der Waals surface area contributed by atoms with E-state index in [1.54, 1.807) is 31.4 Å². The van der Waals surface area contributed by atoms with Crippen LogP contribution >= 0.6 is 27.5 Å². The molecule has 2 heterocycles. The lowest BCUT2D eigenvalue weighted by molar-refractivity contribution is -0.100. The fourth-order valence-electron chi connectivity index (χ4n) is 3.51. The van der Waals surface area contributed by atoms with Crippen LogP contribution in [0.15, 0.2) is 35.1 Å². The maximum absolute atomic E-state index is 14.6. The molecule has 0 bridgehead atoms. The van der Waals surface area contributed by atoms with Gasteiger partial charge in [-0.2, -0.15) is 0 Å². The molecule has 0 spiro atoms. The van der Waals surface area contributed by atoms with Gasteiger partial charge in [0.25, 0.3) is 0 Å². The Bertz CT molecular complexity index is 1180. The molecule has 7 nitrogen and oxygen atoms in total. The Balaban J connectivity index is 1.58. The third-order valence-electron chi connectivity index (χ3n) is 5.82. The average molecular weight is 540 g/mol. The van der Waals surface area contributed by atoms with Gasteiger partial charge in [0.15, 0.2) is 17.3 Å². The van der Waals surface area contributed by atoms with E-state index in [4.69, 9.17) is 25.8 Å². The number of benzene rings is 2. The van der Waals surface area contributed by atoms with Crippen LogP contribution in [0.2, 0.25) is 5.02 Å². The minimum atomic E-state index is -0.578. The second-order valence-electron chi connectivity index (χ2n) is 8.53. The van der Waals surface area contributed by atoms with E-state index in [1.165, 1.54) is 6.33 Å². The molecule has 0 amide bonds. The summed E-state index contributed by atoms with van der Waals surface area (Å²) >= 11 is 9.23. The fourth-order valence-corrected chi connectivity index (χ4v) is 3.98. The minimum Gasteiger partial charge on any atom is -0.493 e. The molecule has 33 heavy (non-hydrogen) atoms. The summed E-state index contributed by atoms with van der Waals surface area (Å²) in [6.07, 6.45) is 1.34. The van der Waals surface area contributed by atoms with E-state index in [1.807, 2.05) is 0 Å². The number of fused-ring (bicyclic) bond motifs is 1. The van der Waals surface area contributed by atoms with Crippen LogP contribution in [0.5, 0.6) is 11.5 Å². The van der Waals surface area contributed by atoms with E-state index in [2.05, 4.69) is 57.0 Å². The van der Waals surface area contributed by atoms with Gasteiger partial charge in [0.05, 0.1) is 29.9 Å². The lowest BCUT2D eigenvalue weighted by Crippen LogP contribution is -2.55. The van der Waals surface area contributed by atoms with Gasteiger partial charge in [-0.05, 0) is 55.0 Å². The number of rotatable bonds is 6. The minimum absolute atomic E-state index is 0.00397. The molecule has 4 rings (SSSR count). The number of likely N-dealkylation sites (N-methyl/N-ethyl adjacent to an activating group) is 1. The lowest BCUT2D eigenvalue weighted by atomic mass is 10.0. The summed E-state index contributed by atoms with van der Waals surface area (Å²) in [7, 11) is 3.64. The van der Waals surface area contributed by atoms with Gasteiger partial charge < -0.3 is 19.5 Å². The number of aromatic nitrogens is 2. The number of morpholine rings is 1. The summed E-state index contributed by atoms with van der Waals surface area (Å²) in [6, 6.07) is 6.79. The van der Waals surface area contributed by atoms with Crippen molar-refractivity contribution < 1.29 is 18.6 Å². The smallest absolute Gasteiger partial charge is 0.166 e. The normalized spacial score (nSPS) is 18.3. The van der Waals surface area contributed by atoms with Crippen LogP contribution in [-0.4, -0.2) is 60.4 Å². The van der Waals surface area contributed by atoms with Crippen LogP contribution in [0.25, 0.3) is 10.9 Å². The molecule has 0 saturated carbocycles. The van der Waals surface area contributed by atoms with Gasteiger partial charge in [-0.15, -0.1) is 0 Å². The first-order valence-corrected chi connectivity index (χ1v) is 11.6. The lowest BCUT2D eigenvalue weighted by Gasteiger charge is -2.43. The molecule has 0 radical (unpaired) electrons. The molecule has 1 aromatic heterocycles. The third-order valence-corrected chi connectivity index (χ3v) is 7.08. The molecule has 1 atom stereocenters. The van der Waals surface area contributed by atoms with Crippen LogP contribution in [0.4, 0.5) is 15.9 Å². The van der Waals surface area contributed by atoms with Crippen LogP contribution in [-0.2, 0) is 4.74 Å². The van der Waals surface area contributed by atoms with Crippen molar-refractivity contribution in [3.63, 3.8) is 0 Å². The Morgan fingerprint density at radius 3 is 2.82 bits per heavy atom. The molecule has 1 aliphatic rings. The number of ether oxygens (including phenoxy) is 3. The van der Waals surface area contributed by atoms with Crippen molar-refractivity contribution in [2.75, 3.05) is 39.2 Å². The number of halogens is 3. The summed E-state index contributed by atoms with van der Waals surface area (Å²) < 4.78 is 32.6. The van der Waals surface area contributed by atoms with Crippen molar-refractivity contribution in [3.8, 4) is 11.5 Å². The van der Waals surface area contributed by atoms with E-state index >= 15 is 0 Å². The highest BCUT2D eigenvalue weighted by Gasteiger charge is 2.32. The molecule has 1 saturated heterocycles. The molecule has 2 aromatic carbocycles. The number of nitrogens with one attached hydrogen (secondary N) is 1. The first-order valence-electron chi connectivity index (χ1n) is 10.4. The van der Waals surface area contributed by atoms with Gasteiger partial charge in [0.1, 0.15) is 24.9 Å². The Hall–Kier alpha value is -2.20. The maximum Gasteiger partial charge on any atom is 0.166 e. The summed E-state index contributed by atoms with van der Waals surface area (Å²) in [4.78, 5) is 10.9. The predicted octanol–water partition coefficient (Wildman–Crippen LogP) is 5.43. The monoisotopic (exact) mass is 538 g/mol. The van der Waals surface area contributed by atoms with E-state index in [0.29, 0.717) is 45.9 Å². The van der Waals surface area contributed by atoms with Crippen LogP contribution in [0.3, 0.4) is 0 Å².